The van der Waals surface area contributed by atoms with Crippen molar-refractivity contribution in [3.63, 3.8) is 0 Å². The van der Waals surface area contributed by atoms with Crippen LogP contribution in [0.5, 0.6) is 0 Å². The molecule has 34 heavy (non-hydrogen) atoms. The number of nitrogens with one attached hydrogen (secondary N) is 2. The number of amides is 4. The maximum atomic E-state index is 12.9. The van der Waals surface area contributed by atoms with E-state index in [0.717, 1.165) is 0 Å². The summed E-state index contributed by atoms with van der Waals surface area (Å²) in [5, 5.41) is 14.0. The van der Waals surface area contributed by atoms with Gasteiger partial charge in [-0.15, -0.1) is 0 Å². The van der Waals surface area contributed by atoms with Gasteiger partial charge in [-0.25, -0.2) is 4.79 Å². The summed E-state index contributed by atoms with van der Waals surface area (Å²) in [7, 11) is 0. The van der Waals surface area contributed by atoms with Gasteiger partial charge in [0.15, 0.2) is 5.96 Å². The zero-order valence-electron chi connectivity index (χ0n) is 19.5. The Kier molecular flexibility index (Phi) is 11.2. The molecule has 0 bridgehead atoms. The van der Waals surface area contributed by atoms with E-state index in [1.165, 1.54) is 4.90 Å². The summed E-state index contributed by atoms with van der Waals surface area (Å²) in [6, 6.07) is -4.37. The minimum Gasteiger partial charge on any atom is -0.480 e. The van der Waals surface area contributed by atoms with Crippen LogP contribution in [-0.2, 0) is 24.0 Å². The highest BCUT2D eigenvalue weighted by atomic mass is 16.4. The molecule has 1 fully saturated rings. The molecule has 11 N–H and O–H groups in total. The van der Waals surface area contributed by atoms with Gasteiger partial charge >= 0.3 is 5.97 Å². The quantitative estimate of drug-likeness (QED) is 0.0795. The molecule has 0 aliphatic carbocycles. The van der Waals surface area contributed by atoms with E-state index in [1.807, 2.05) is 0 Å². The van der Waals surface area contributed by atoms with E-state index < -0.39 is 66.1 Å². The number of primary amides is 1. The van der Waals surface area contributed by atoms with E-state index in [0.29, 0.717) is 38.8 Å². The summed E-state index contributed by atoms with van der Waals surface area (Å²) in [6.45, 7) is 3.82. The predicted molar refractivity (Wildman–Crippen MR) is 123 cm³/mol. The molecular formula is C20H36N8O6. The summed E-state index contributed by atoms with van der Waals surface area (Å²) in [4.78, 5) is 66.4. The van der Waals surface area contributed by atoms with Crippen LogP contribution in [0.2, 0.25) is 0 Å². The number of aliphatic carboxylic acids is 1. The van der Waals surface area contributed by atoms with E-state index in [9.17, 15) is 29.1 Å². The standard InChI is InChI=1S/C20H36N8O6/c1-10(2)15(19(33)34)27-16(30)12(9-14(22)29)26-17(31)13-6-4-8-28(13)18(32)11(21)5-3-7-25-20(23)24/h10-13,15H,3-9,21H2,1-2H3,(H2,22,29)(H,26,31)(H,27,30)(H,33,34)(H4,23,24,25). The van der Waals surface area contributed by atoms with Crippen LogP contribution in [0, 0.1) is 5.92 Å². The Morgan fingerprint density at radius 2 is 1.76 bits per heavy atom. The average Bonchev–Trinajstić information content (AvgIpc) is 3.22. The van der Waals surface area contributed by atoms with Crippen LogP contribution in [-0.4, -0.2) is 82.8 Å². The lowest BCUT2D eigenvalue weighted by Gasteiger charge is -2.28. The number of aliphatic imine (C=N–C) groups is 1. The van der Waals surface area contributed by atoms with Crippen LogP contribution < -0.4 is 33.6 Å². The zero-order chi connectivity index (χ0) is 26.0. The summed E-state index contributed by atoms with van der Waals surface area (Å²) in [6.07, 6.45) is 1.13. The average molecular weight is 485 g/mol. The van der Waals surface area contributed by atoms with Crippen molar-refractivity contribution < 1.29 is 29.1 Å². The summed E-state index contributed by atoms with van der Waals surface area (Å²) in [5.41, 5.74) is 21.7. The molecule has 0 saturated carbocycles. The first-order valence-electron chi connectivity index (χ1n) is 11.1. The lowest BCUT2D eigenvalue weighted by Crippen LogP contribution is -2.57. The molecule has 14 nitrogen and oxygen atoms in total. The van der Waals surface area contributed by atoms with Gasteiger partial charge in [-0.05, 0) is 31.6 Å². The van der Waals surface area contributed by atoms with Gasteiger partial charge in [-0.3, -0.25) is 24.2 Å². The second-order valence-corrected chi connectivity index (χ2v) is 8.55. The number of carboxylic acids is 1. The van der Waals surface area contributed by atoms with Crippen molar-refractivity contribution in [2.45, 2.75) is 70.1 Å². The number of nitrogens with two attached hydrogens (primary N) is 4. The Morgan fingerprint density at radius 1 is 1.12 bits per heavy atom. The third-order valence-electron chi connectivity index (χ3n) is 5.39. The van der Waals surface area contributed by atoms with Gasteiger partial charge < -0.3 is 43.6 Å². The first-order valence-corrected chi connectivity index (χ1v) is 11.1. The maximum Gasteiger partial charge on any atom is 0.326 e. The summed E-state index contributed by atoms with van der Waals surface area (Å²) in [5.74, 6) is -4.56. The predicted octanol–water partition coefficient (Wildman–Crippen LogP) is -3.06. The largest absolute Gasteiger partial charge is 0.480 e. The molecule has 4 unspecified atom stereocenters. The third kappa shape index (κ3) is 8.84. The first-order chi connectivity index (χ1) is 15.8. The fraction of sp³-hybridized carbons (Fsp3) is 0.700. The molecule has 0 spiro atoms. The molecule has 4 atom stereocenters. The molecule has 192 valence electrons. The maximum absolute atomic E-state index is 12.9. The highest BCUT2D eigenvalue weighted by Crippen LogP contribution is 2.19. The molecular weight excluding hydrogens is 448 g/mol. The number of hydrogen-bond donors (Lipinski definition) is 7. The zero-order valence-corrected chi connectivity index (χ0v) is 19.5. The molecule has 0 radical (unpaired) electrons. The molecule has 1 aliphatic rings. The number of likely N-dealkylation sites (tertiary alicyclic amines) is 1. The Labute approximate surface area is 197 Å². The highest BCUT2D eigenvalue weighted by Gasteiger charge is 2.38. The molecule has 0 aromatic rings. The van der Waals surface area contributed by atoms with Gasteiger partial charge in [0.05, 0.1) is 12.5 Å². The molecule has 0 aromatic heterocycles. The van der Waals surface area contributed by atoms with Gasteiger partial charge in [0.1, 0.15) is 18.1 Å². The number of guanidine groups is 1. The number of carbonyl (C=O) groups excluding carboxylic acids is 4. The Morgan fingerprint density at radius 3 is 2.29 bits per heavy atom. The van der Waals surface area contributed by atoms with Gasteiger partial charge in [-0.2, -0.15) is 0 Å². The molecule has 4 amide bonds. The highest BCUT2D eigenvalue weighted by molar-refractivity contribution is 5.96. The minimum absolute atomic E-state index is 0.0613. The molecule has 1 aliphatic heterocycles. The van der Waals surface area contributed by atoms with Crippen molar-refractivity contribution in [2.75, 3.05) is 13.1 Å². The summed E-state index contributed by atoms with van der Waals surface area (Å²) >= 11 is 0. The van der Waals surface area contributed by atoms with Crippen molar-refractivity contribution in [3.8, 4) is 0 Å². The van der Waals surface area contributed by atoms with Crippen LogP contribution in [0.4, 0.5) is 0 Å². The number of carbonyl (C=O) groups is 5. The fourth-order valence-corrected chi connectivity index (χ4v) is 3.60. The van der Waals surface area contributed by atoms with Gasteiger partial charge in [0.2, 0.25) is 23.6 Å². The Bertz CT molecular complexity index is 798. The Balaban J connectivity index is 2.85. The van der Waals surface area contributed by atoms with Crippen molar-refractivity contribution in [2.24, 2.45) is 33.8 Å². The van der Waals surface area contributed by atoms with Crippen molar-refractivity contribution in [1.82, 2.24) is 15.5 Å². The SMILES string of the molecule is CC(C)C(NC(=O)C(CC(N)=O)NC(=O)C1CCCN1C(=O)C(N)CCCN=C(N)N)C(=O)O. The van der Waals surface area contributed by atoms with Gasteiger partial charge in [0.25, 0.3) is 0 Å². The van der Waals surface area contributed by atoms with Crippen molar-refractivity contribution >= 4 is 35.6 Å². The first kappa shape index (κ1) is 28.6. The van der Waals surface area contributed by atoms with Crippen LogP contribution in [0.1, 0.15) is 46.0 Å². The molecule has 1 saturated heterocycles. The van der Waals surface area contributed by atoms with Crippen LogP contribution >= 0.6 is 0 Å². The third-order valence-corrected chi connectivity index (χ3v) is 5.39. The monoisotopic (exact) mass is 484 g/mol. The van der Waals surface area contributed by atoms with Gasteiger partial charge in [0, 0.05) is 13.1 Å². The van der Waals surface area contributed by atoms with E-state index >= 15 is 0 Å². The van der Waals surface area contributed by atoms with Crippen LogP contribution in [0.15, 0.2) is 4.99 Å². The number of rotatable bonds is 13. The molecule has 0 aromatic carbocycles. The van der Waals surface area contributed by atoms with E-state index in [-0.39, 0.29) is 5.96 Å². The normalized spacial score (nSPS) is 18.0. The van der Waals surface area contributed by atoms with E-state index in [4.69, 9.17) is 22.9 Å². The van der Waals surface area contributed by atoms with Crippen LogP contribution in [0.25, 0.3) is 0 Å². The molecule has 1 rings (SSSR count). The second-order valence-electron chi connectivity index (χ2n) is 8.55. The lowest BCUT2D eigenvalue weighted by molar-refractivity contribution is -0.144. The molecule has 14 heteroatoms. The number of nitrogens with zero attached hydrogens (tertiary/aromatic N) is 2. The van der Waals surface area contributed by atoms with Crippen LogP contribution in [0.3, 0.4) is 0 Å². The summed E-state index contributed by atoms with van der Waals surface area (Å²) < 4.78 is 0. The number of carboxylic acid groups (broad SMARTS) is 1. The van der Waals surface area contributed by atoms with E-state index in [2.05, 4.69) is 15.6 Å². The minimum atomic E-state index is -1.39. The van der Waals surface area contributed by atoms with Crippen molar-refractivity contribution in [1.29, 1.82) is 0 Å². The van der Waals surface area contributed by atoms with E-state index in [1.54, 1.807) is 13.8 Å². The second kappa shape index (κ2) is 13.3. The lowest BCUT2D eigenvalue weighted by atomic mass is 10.0. The fourth-order valence-electron chi connectivity index (χ4n) is 3.60. The Hall–Kier alpha value is -3.42. The molecule has 1 heterocycles. The van der Waals surface area contributed by atoms with Crippen molar-refractivity contribution in [3.05, 3.63) is 0 Å². The number of hydrogen-bond acceptors (Lipinski definition) is 7. The topological polar surface area (TPSA) is 249 Å². The van der Waals surface area contributed by atoms with Gasteiger partial charge in [-0.1, -0.05) is 13.8 Å². The smallest absolute Gasteiger partial charge is 0.326 e.